The highest BCUT2D eigenvalue weighted by atomic mass is 32.2. The van der Waals surface area contributed by atoms with Gasteiger partial charge in [0.2, 0.25) is 11.8 Å². The first kappa shape index (κ1) is 28.5. The molecule has 206 valence electrons. The van der Waals surface area contributed by atoms with Gasteiger partial charge in [-0.05, 0) is 55.2 Å². The van der Waals surface area contributed by atoms with E-state index in [2.05, 4.69) is 9.82 Å². The Morgan fingerprint density at radius 1 is 0.950 bits per heavy atom. The number of anilines is 1. The maximum absolute atomic E-state index is 13.8. The molecule has 0 spiro atoms. The second-order valence-electron chi connectivity index (χ2n) is 9.31. The van der Waals surface area contributed by atoms with E-state index in [1.807, 2.05) is 49.4 Å². The van der Waals surface area contributed by atoms with Crippen molar-refractivity contribution >= 4 is 33.6 Å². The van der Waals surface area contributed by atoms with Gasteiger partial charge >= 0.3 is 0 Å². The van der Waals surface area contributed by atoms with Crippen molar-refractivity contribution in [2.75, 3.05) is 11.4 Å². The number of rotatable bonds is 11. The van der Waals surface area contributed by atoms with Crippen molar-refractivity contribution in [3.05, 3.63) is 125 Å². The minimum atomic E-state index is -4.16. The minimum absolute atomic E-state index is 0.0204. The Kier molecular flexibility index (Phi) is 9.29. The van der Waals surface area contributed by atoms with E-state index >= 15 is 0 Å². The molecular formula is C31H32N4O4S. The summed E-state index contributed by atoms with van der Waals surface area (Å²) in [6.45, 7) is 4.11. The molecule has 0 bridgehead atoms. The third-order valence-corrected chi connectivity index (χ3v) is 7.50. The van der Waals surface area contributed by atoms with Gasteiger partial charge in [0.1, 0.15) is 5.92 Å². The molecule has 0 aliphatic carbocycles. The monoisotopic (exact) mass is 556 g/mol. The predicted molar refractivity (Wildman–Crippen MR) is 157 cm³/mol. The number of benzene rings is 3. The van der Waals surface area contributed by atoms with Crippen LogP contribution >= 0.6 is 0 Å². The van der Waals surface area contributed by atoms with Crippen molar-refractivity contribution in [3.63, 3.8) is 0 Å². The number of hydrogen-bond acceptors (Lipinski definition) is 5. The van der Waals surface area contributed by atoms with Gasteiger partial charge in [0.05, 0.1) is 17.6 Å². The van der Waals surface area contributed by atoms with E-state index in [1.165, 1.54) is 11.0 Å². The van der Waals surface area contributed by atoms with Crippen molar-refractivity contribution in [1.82, 2.24) is 14.5 Å². The molecule has 0 fully saturated rings. The molecule has 0 aliphatic heterocycles. The molecule has 9 heteroatoms. The van der Waals surface area contributed by atoms with Gasteiger partial charge in [-0.25, -0.2) is 13.1 Å². The second-order valence-corrected chi connectivity index (χ2v) is 10.9. The molecule has 2 atom stereocenters. The molecule has 4 rings (SSSR count). The molecule has 0 aliphatic rings. The highest BCUT2D eigenvalue weighted by Gasteiger charge is 2.33. The zero-order valence-electron chi connectivity index (χ0n) is 22.4. The van der Waals surface area contributed by atoms with Crippen LogP contribution in [0.1, 0.15) is 36.6 Å². The molecule has 2 unspecified atom stereocenters. The summed E-state index contributed by atoms with van der Waals surface area (Å²) >= 11 is 0. The van der Waals surface area contributed by atoms with Crippen LogP contribution in [0.4, 0.5) is 5.69 Å². The summed E-state index contributed by atoms with van der Waals surface area (Å²) in [6.07, 6.45) is 4.76. The third kappa shape index (κ3) is 7.33. The van der Waals surface area contributed by atoms with Crippen LogP contribution in [0.2, 0.25) is 0 Å². The van der Waals surface area contributed by atoms with E-state index in [0.29, 0.717) is 23.4 Å². The maximum Gasteiger partial charge on any atom is 0.257 e. The summed E-state index contributed by atoms with van der Waals surface area (Å²) in [5.74, 6) is -2.71. The van der Waals surface area contributed by atoms with E-state index < -0.39 is 27.8 Å². The first-order valence-corrected chi connectivity index (χ1v) is 14.6. The highest BCUT2D eigenvalue weighted by molar-refractivity contribution is 7.93. The van der Waals surface area contributed by atoms with E-state index in [9.17, 15) is 18.0 Å². The van der Waals surface area contributed by atoms with Gasteiger partial charge in [-0.2, -0.15) is 5.10 Å². The lowest BCUT2D eigenvalue weighted by Gasteiger charge is -2.25. The van der Waals surface area contributed by atoms with E-state index in [0.717, 1.165) is 11.0 Å². The highest BCUT2D eigenvalue weighted by Crippen LogP contribution is 2.22. The van der Waals surface area contributed by atoms with Crippen molar-refractivity contribution in [2.45, 2.75) is 26.3 Å². The van der Waals surface area contributed by atoms with Crippen LogP contribution in [-0.4, -0.2) is 36.6 Å². The van der Waals surface area contributed by atoms with Crippen LogP contribution < -0.4 is 9.62 Å². The average molecular weight is 557 g/mol. The van der Waals surface area contributed by atoms with E-state index in [4.69, 9.17) is 0 Å². The molecule has 40 heavy (non-hydrogen) atoms. The number of sulfonamides is 1. The average Bonchev–Trinajstić information content (AvgIpc) is 3.45. The fraction of sp³-hybridized carbons (Fsp3) is 0.194. The quantitative estimate of drug-likeness (QED) is 0.267. The molecule has 4 aromatic rings. The van der Waals surface area contributed by atoms with Crippen LogP contribution in [0, 0.1) is 5.92 Å². The standard InChI is InChI=1S/C31H32N4O4S/c1-3-34(28-17-11-6-12-18-28)31(37)29(30(36)33-40(38,39)20-19-25-13-7-4-8-14-25)21-26-22-32-35(23-26)24(2)27-15-9-5-10-16-27/h4-20,22-24,29H,3,21H2,1-2H3,(H,33,36). The summed E-state index contributed by atoms with van der Waals surface area (Å²) in [4.78, 5) is 28.7. The van der Waals surface area contributed by atoms with Crippen molar-refractivity contribution in [1.29, 1.82) is 0 Å². The number of nitrogens with zero attached hydrogens (tertiary/aromatic N) is 3. The van der Waals surface area contributed by atoms with Gasteiger partial charge in [0.25, 0.3) is 10.0 Å². The Labute approximate surface area is 235 Å². The van der Waals surface area contributed by atoms with Crippen molar-refractivity contribution in [3.8, 4) is 0 Å². The van der Waals surface area contributed by atoms with Gasteiger partial charge in [0, 0.05) is 18.4 Å². The van der Waals surface area contributed by atoms with Crippen LogP contribution in [0.5, 0.6) is 0 Å². The molecule has 2 amide bonds. The Balaban J connectivity index is 1.60. The molecule has 1 heterocycles. The molecule has 8 nitrogen and oxygen atoms in total. The lowest BCUT2D eigenvalue weighted by molar-refractivity contribution is -0.132. The Bertz CT molecular complexity index is 1550. The van der Waals surface area contributed by atoms with Crippen LogP contribution in [0.3, 0.4) is 0 Å². The Hall–Kier alpha value is -4.50. The summed E-state index contributed by atoms with van der Waals surface area (Å²) < 4.78 is 29.4. The number of carbonyl (C=O) groups is 2. The van der Waals surface area contributed by atoms with Crippen LogP contribution in [-0.2, 0) is 26.0 Å². The van der Waals surface area contributed by atoms with Gasteiger partial charge in [-0.15, -0.1) is 0 Å². The molecule has 3 aromatic carbocycles. The number of carbonyl (C=O) groups excluding carboxylic acids is 2. The van der Waals surface area contributed by atoms with Gasteiger partial charge < -0.3 is 4.90 Å². The first-order valence-electron chi connectivity index (χ1n) is 13.0. The zero-order valence-corrected chi connectivity index (χ0v) is 23.2. The maximum atomic E-state index is 13.8. The predicted octanol–water partition coefficient (Wildman–Crippen LogP) is 4.82. The van der Waals surface area contributed by atoms with Crippen molar-refractivity contribution in [2.24, 2.45) is 5.92 Å². The van der Waals surface area contributed by atoms with Crippen LogP contribution in [0.25, 0.3) is 6.08 Å². The smallest absolute Gasteiger partial charge is 0.257 e. The number of para-hydroxylation sites is 1. The number of hydrogen-bond donors (Lipinski definition) is 1. The van der Waals surface area contributed by atoms with E-state index in [-0.39, 0.29) is 12.5 Å². The van der Waals surface area contributed by atoms with E-state index in [1.54, 1.807) is 72.5 Å². The molecule has 0 saturated carbocycles. The normalized spacial score (nSPS) is 13.1. The number of aromatic nitrogens is 2. The summed E-state index contributed by atoms with van der Waals surface area (Å²) in [6, 6.07) is 27.6. The largest absolute Gasteiger partial charge is 0.312 e. The van der Waals surface area contributed by atoms with Gasteiger partial charge in [-0.3, -0.25) is 14.3 Å². The van der Waals surface area contributed by atoms with Crippen molar-refractivity contribution < 1.29 is 18.0 Å². The lowest BCUT2D eigenvalue weighted by Crippen LogP contribution is -2.46. The topological polar surface area (TPSA) is 101 Å². The molecule has 1 N–H and O–H groups in total. The molecular weight excluding hydrogens is 524 g/mol. The first-order chi connectivity index (χ1) is 19.3. The van der Waals surface area contributed by atoms with Gasteiger partial charge in [0.15, 0.2) is 0 Å². The number of nitrogens with one attached hydrogen (secondary N) is 1. The summed E-state index contributed by atoms with van der Waals surface area (Å²) in [5, 5.41) is 5.38. The van der Waals surface area contributed by atoms with Crippen LogP contribution in [0.15, 0.2) is 109 Å². The summed E-state index contributed by atoms with van der Waals surface area (Å²) in [7, 11) is -4.16. The Morgan fingerprint density at radius 2 is 1.55 bits per heavy atom. The van der Waals surface area contributed by atoms with Gasteiger partial charge in [-0.1, -0.05) is 78.9 Å². The zero-order chi connectivity index (χ0) is 28.5. The third-order valence-electron chi connectivity index (χ3n) is 6.52. The minimum Gasteiger partial charge on any atom is -0.312 e. The molecule has 0 saturated heterocycles. The SMILES string of the molecule is CCN(C(=O)C(Cc1cnn(C(C)c2ccccc2)c1)C(=O)NS(=O)(=O)C=Cc1ccccc1)c1ccccc1. The lowest BCUT2D eigenvalue weighted by atomic mass is 9.98. The molecule has 0 radical (unpaired) electrons. The second kappa shape index (κ2) is 13.0. The number of amides is 2. The Morgan fingerprint density at radius 3 is 2.17 bits per heavy atom. The molecule has 1 aromatic heterocycles. The fourth-order valence-electron chi connectivity index (χ4n) is 4.35. The fourth-order valence-corrected chi connectivity index (χ4v) is 5.17. The summed E-state index contributed by atoms with van der Waals surface area (Å²) in [5.41, 5.74) is 2.97.